The summed E-state index contributed by atoms with van der Waals surface area (Å²) < 4.78 is 0. The molecule has 2 aromatic heterocycles. The average Bonchev–Trinajstić information content (AvgIpc) is 3.37. The van der Waals surface area contributed by atoms with Gasteiger partial charge in [0.25, 0.3) is 0 Å². The molecular formula is C15H17N3S. The smallest absolute Gasteiger partial charge is 0.125 e. The Morgan fingerprint density at radius 3 is 2.84 bits per heavy atom. The van der Waals surface area contributed by atoms with Gasteiger partial charge in [-0.25, -0.2) is 4.98 Å². The van der Waals surface area contributed by atoms with Gasteiger partial charge in [0.05, 0.1) is 5.69 Å². The van der Waals surface area contributed by atoms with Crippen LogP contribution in [0.2, 0.25) is 0 Å². The van der Waals surface area contributed by atoms with E-state index >= 15 is 0 Å². The molecule has 0 radical (unpaired) electrons. The second kappa shape index (κ2) is 4.69. The van der Waals surface area contributed by atoms with E-state index in [9.17, 15) is 0 Å². The molecule has 19 heavy (non-hydrogen) atoms. The molecule has 0 spiro atoms. The molecule has 3 nitrogen and oxygen atoms in total. The van der Waals surface area contributed by atoms with E-state index in [-0.39, 0.29) is 0 Å². The Bertz CT molecular complexity index is 570. The lowest BCUT2D eigenvalue weighted by Gasteiger charge is -2.01. The Balaban J connectivity index is 1.62. The first-order chi connectivity index (χ1) is 9.40. The molecule has 2 aliphatic rings. The van der Waals surface area contributed by atoms with Gasteiger partial charge in [0.2, 0.25) is 0 Å². The predicted molar refractivity (Wildman–Crippen MR) is 77.2 cm³/mol. The second-order valence-corrected chi connectivity index (χ2v) is 6.58. The minimum absolute atomic E-state index is 0.720. The normalized spacial score (nSPS) is 18.7. The molecule has 2 heterocycles. The molecule has 0 unspecified atom stereocenters. The maximum absolute atomic E-state index is 4.88. The number of nitrogens with zero attached hydrogens (tertiary/aromatic N) is 2. The summed E-state index contributed by atoms with van der Waals surface area (Å²) >= 11 is 1.84. The highest BCUT2D eigenvalue weighted by Crippen LogP contribution is 2.44. The van der Waals surface area contributed by atoms with E-state index < -0.39 is 0 Å². The minimum atomic E-state index is 0.720. The summed E-state index contributed by atoms with van der Waals surface area (Å²) in [6.07, 6.45) is 9.03. The molecular weight excluding hydrogens is 254 g/mol. The summed E-state index contributed by atoms with van der Waals surface area (Å²) in [7, 11) is 0. The van der Waals surface area contributed by atoms with Gasteiger partial charge in [-0.15, -0.1) is 11.3 Å². The van der Waals surface area contributed by atoms with E-state index in [0.29, 0.717) is 0 Å². The highest BCUT2D eigenvalue weighted by Gasteiger charge is 2.30. The molecule has 0 amide bonds. The Hall–Kier alpha value is -1.26. The summed E-state index contributed by atoms with van der Waals surface area (Å²) in [5.41, 5.74) is 2.49. The maximum atomic E-state index is 4.88. The van der Waals surface area contributed by atoms with Crippen molar-refractivity contribution in [2.24, 2.45) is 0 Å². The van der Waals surface area contributed by atoms with Gasteiger partial charge in [-0.3, -0.25) is 4.98 Å². The lowest BCUT2D eigenvalue weighted by molar-refractivity contribution is 0.688. The number of rotatable bonds is 5. The molecule has 0 saturated heterocycles. The van der Waals surface area contributed by atoms with E-state index in [4.69, 9.17) is 4.98 Å². The molecule has 0 aliphatic heterocycles. The third-order valence-corrected chi connectivity index (χ3v) is 4.85. The van der Waals surface area contributed by atoms with Crippen LogP contribution >= 0.6 is 11.3 Å². The van der Waals surface area contributed by atoms with Gasteiger partial charge in [-0.05, 0) is 37.8 Å². The van der Waals surface area contributed by atoms with Crippen molar-refractivity contribution in [3.05, 3.63) is 35.1 Å². The van der Waals surface area contributed by atoms with Crippen LogP contribution in [0.3, 0.4) is 0 Å². The standard InChI is InChI=1S/C15H17N3S/c1-2-11(8-16-7-1)15-18-14(10-3-4-10)13(19-15)9-17-12-5-6-12/h1-2,7-8,10,12,17H,3-6,9H2. The van der Waals surface area contributed by atoms with Crippen molar-refractivity contribution in [1.29, 1.82) is 0 Å². The molecule has 2 aromatic rings. The largest absolute Gasteiger partial charge is 0.309 e. The fourth-order valence-corrected chi connectivity index (χ4v) is 3.39. The van der Waals surface area contributed by atoms with Gasteiger partial charge in [-0.1, -0.05) is 0 Å². The molecule has 0 bridgehead atoms. The minimum Gasteiger partial charge on any atom is -0.309 e. The SMILES string of the molecule is c1cncc(-c2nc(C3CC3)c(CNC3CC3)s2)c1. The van der Waals surface area contributed by atoms with E-state index in [2.05, 4.69) is 16.4 Å². The van der Waals surface area contributed by atoms with Gasteiger partial charge < -0.3 is 5.32 Å². The lowest BCUT2D eigenvalue weighted by Crippen LogP contribution is -2.15. The Labute approximate surface area is 117 Å². The molecule has 2 aliphatic carbocycles. The molecule has 0 atom stereocenters. The molecule has 98 valence electrons. The van der Waals surface area contributed by atoms with Crippen molar-refractivity contribution in [3.8, 4) is 10.6 Å². The molecule has 4 heteroatoms. The quantitative estimate of drug-likeness (QED) is 0.906. The van der Waals surface area contributed by atoms with Crippen LogP contribution in [0, 0.1) is 0 Å². The van der Waals surface area contributed by atoms with Crippen LogP contribution in [-0.4, -0.2) is 16.0 Å². The fraction of sp³-hybridized carbons (Fsp3) is 0.467. The molecule has 2 saturated carbocycles. The van der Waals surface area contributed by atoms with Crippen molar-refractivity contribution < 1.29 is 0 Å². The van der Waals surface area contributed by atoms with Crippen LogP contribution in [-0.2, 0) is 6.54 Å². The van der Waals surface area contributed by atoms with E-state index in [1.807, 2.05) is 29.8 Å². The third-order valence-electron chi connectivity index (χ3n) is 3.73. The predicted octanol–water partition coefficient (Wildman–Crippen LogP) is 3.33. The zero-order valence-corrected chi connectivity index (χ0v) is 11.6. The molecule has 2 fully saturated rings. The molecule has 0 aromatic carbocycles. The average molecular weight is 271 g/mol. The van der Waals surface area contributed by atoms with Crippen molar-refractivity contribution >= 4 is 11.3 Å². The monoisotopic (exact) mass is 271 g/mol. The fourth-order valence-electron chi connectivity index (χ4n) is 2.30. The second-order valence-electron chi connectivity index (χ2n) is 5.50. The van der Waals surface area contributed by atoms with Crippen LogP contribution in [0.5, 0.6) is 0 Å². The first-order valence-corrected chi connectivity index (χ1v) is 7.85. The van der Waals surface area contributed by atoms with Gasteiger partial charge in [0.1, 0.15) is 5.01 Å². The first-order valence-electron chi connectivity index (χ1n) is 7.03. The number of hydrogen-bond donors (Lipinski definition) is 1. The van der Waals surface area contributed by atoms with E-state index in [1.165, 1.54) is 36.3 Å². The number of hydrogen-bond acceptors (Lipinski definition) is 4. The van der Waals surface area contributed by atoms with Gasteiger partial charge in [0, 0.05) is 41.3 Å². The van der Waals surface area contributed by atoms with Crippen molar-refractivity contribution in [3.63, 3.8) is 0 Å². The first kappa shape index (κ1) is 11.6. The van der Waals surface area contributed by atoms with Crippen LogP contribution in [0.15, 0.2) is 24.5 Å². The number of nitrogens with one attached hydrogen (secondary N) is 1. The Morgan fingerprint density at radius 2 is 2.16 bits per heavy atom. The highest BCUT2D eigenvalue weighted by molar-refractivity contribution is 7.15. The molecule has 4 rings (SSSR count). The van der Waals surface area contributed by atoms with Crippen molar-refractivity contribution in [2.45, 2.75) is 44.2 Å². The maximum Gasteiger partial charge on any atom is 0.125 e. The van der Waals surface area contributed by atoms with Crippen LogP contribution in [0.25, 0.3) is 10.6 Å². The zero-order valence-electron chi connectivity index (χ0n) is 10.8. The topological polar surface area (TPSA) is 37.8 Å². The van der Waals surface area contributed by atoms with Gasteiger partial charge in [0.15, 0.2) is 0 Å². The summed E-state index contributed by atoms with van der Waals surface area (Å²) in [6.45, 7) is 0.994. The highest BCUT2D eigenvalue weighted by atomic mass is 32.1. The van der Waals surface area contributed by atoms with Gasteiger partial charge in [-0.2, -0.15) is 0 Å². The van der Waals surface area contributed by atoms with Crippen molar-refractivity contribution in [2.75, 3.05) is 0 Å². The summed E-state index contributed by atoms with van der Waals surface area (Å²) in [6, 6.07) is 4.84. The van der Waals surface area contributed by atoms with Crippen LogP contribution in [0.1, 0.15) is 42.2 Å². The van der Waals surface area contributed by atoms with Crippen LogP contribution < -0.4 is 5.32 Å². The number of thiazole rings is 1. The van der Waals surface area contributed by atoms with Crippen molar-refractivity contribution in [1.82, 2.24) is 15.3 Å². The summed E-state index contributed by atoms with van der Waals surface area (Å²) in [5.74, 6) is 0.720. The Kier molecular flexibility index (Phi) is 2.85. The van der Waals surface area contributed by atoms with Crippen LogP contribution in [0.4, 0.5) is 0 Å². The lowest BCUT2D eigenvalue weighted by atomic mass is 10.2. The number of aromatic nitrogens is 2. The van der Waals surface area contributed by atoms with E-state index in [1.54, 1.807) is 0 Å². The van der Waals surface area contributed by atoms with E-state index in [0.717, 1.165) is 29.1 Å². The summed E-state index contributed by atoms with van der Waals surface area (Å²) in [4.78, 5) is 10.5. The summed E-state index contributed by atoms with van der Waals surface area (Å²) in [5, 5.41) is 4.74. The zero-order chi connectivity index (χ0) is 12.7. The van der Waals surface area contributed by atoms with Gasteiger partial charge >= 0.3 is 0 Å². The molecule has 1 N–H and O–H groups in total. The number of pyridine rings is 1. The third kappa shape index (κ3) is 2.55. The Morgan fingerprint density at radius 1 is 1.26 bits per heavy atom.